The summed E-state index contributed by atoms with van der Waals surface area (Å²) in [5.74, 6) is 0.633. The first-order chi connectivity index (χ1) is 12.3. The molecule has 0 unspecified atom stereocenters. The van der Waals surface area contributed by atoms with Gasteiger partial charge in [-0.05, 0) is 25.0 Å². The minimum atomic E-state index is -0.0351. The average Bonchev–Trinajstić information content (AvgIpc) is 3.06. The zero-order valence-corrected chi connectivity index (χ0v) is 13.8. The maximum absolute atomic E-state index is 12.7. The highest BCUT2D eigenvalue weighted by atomic mass is 16.5. The number of carbonyl (C=O) groups is 1. The van der Waals surface area contributed by atoms with Crippen molar-refractivity contribution in [1.29, 1.82) is 0 Å². The van der Waals surface area contributed by atoms with Crippen LogP contribution in [0.1, 0.15) is 12.8 Å². The Kier molecular flexibility index (Phi) is 4.28. The number of amides is 1. The number of hydrogen-bond acceptors (Lipinski definition) is 5. The van der Waals surface area contributed by atoms with Crippen molar-refractivity contribution in [3.05, 3.63) is 49.2 Å². The SMILES string of the molecule is O=C(Cn1cnc2ccccc21)N1CCC[C@H](Oc2ccncn2)C1. The van der Waals surface area contributed by atoms with Gasteiger partial charge in [0.1, 0.15) is 19.0 Å². The van der Waals surface area contributed by atoms with Crippen LogP contribution in [0.15, 0.2) is 49.2 Å². The van der Waals surface area contributed by atoms with Crippen molar-refractivity contribution < 1.29 is 9.53 Å². The zero-order chi connectivity index (χ0) is 17.1. The lowest BCUT2D eigenvalue weighted by atomic mass is 10.1. The second kappa shape index (κ2) is 6.88. The molecule has 25 heavy (non-hydrogen) atoms. The number of carbonyl (C=O) groups excluding carboxylic acids is 1. The molecule has 1 saturated heterocycles. The van der Waals surface area contributed by atoms with Gasteiger partial charge in [0.05, 0.1) is 23.9 Å². The predicted octanol–water partition coefficient (Wildman–Crippen LogP) is 1.90. The summed E-state index contributed by atoms with van der Waals surface area (Å²) in [7, 11) is 0. The number of para-hydroxylation sites is 2. The largest absolute Gasteiger partial charge is 0.472 e. The molecule has 0 aliphatic carbocycles. The Bertz CT molecular complexity index is 864. The third kappa shape index (κ3) is 3.45. The van der Waals surface area contributed by atoms with Gasteiger partial charge in [0, 0.05) is 18.8 Å². The summed E-state index contributed by atoms with van der Waals surface area (Å²) >= 11 is 0. The fraction of sp³-hybridized carbons (Fsp3) is 0.333. The van der Waals surface area contributed by atoms with Crippen LogP contribution in [-0.2, 0) is 11.3 Å². The molecule has 0 N–H and O–H groups in total. The Morgan fingerprint density at radius 2 is 2.16 bits per heavy atom. The first-order valence-corrected chi connectivity index (χ1v) is 8.40. The third-order valence-electron chi connectivity index (χ3n) is 4.41. The smallest absolute Gasteiger partial charge is 0.242 e. The zero-order valence-electron chi connectivity index (χ0n) is 13.8. The van der Waals surface area contributed by atoms with E-state index in [4.69, 9.17) is 4.74 Å². The van der Waals surface area contributed by atoms with Crippen LogP contribution in [-0.4, -0.2) is 49.5 Å². The molecule has 1 aromatic carbocycles. The van der Waals surface area contributed by atoms with Gasteiger partial charge >= 0.3 is 0 Å². The molecule has 2 aromatic heterocycles. The molecular weight excluding hydrogens is 318 g/mol. The minimum absolute atomic E-state index is 0.0351. The summed E-state index contributed by atoms with van der Waals surface area (Å²) in [5.41, 5.74) is 1.88. The molecule has 1 fully saturated rings. The van der Waals surface area contributed by atoms with Gasteiger partial charge in [-0.15, -0.1) is 0 Å². The van der Waals surface area contributed by atoms with E-state index in [1.165, 1.54) is 6.33 Å². The first kappa shape index (κ1) is 15.6. The van der Waals surface area contributed by atoms with Gasteiger partial charge in [0.2, 0.25) is 11.8 Å². The fourth-order valence-corrected chi connectivity index (χ4v) is 3.16. The van der Waals surface area contributed by atoms with Gasteiger partial charge in [-0.25, -0.2) is 15.0 Å². The van der Waals surface area contributed by atoms with E-state index in [0.717, 1.165) is 30.4 Å². The van der Waals surface area contributed by atoms with Crippen LogP contribution in [0, 0.1) is 0 Å². The van der Waals surface area contributed by atoms with Gasteiger partial charge < -0.3 is 14.2 Å². The van der Waals surface area contributed by atoms with Gasteiger partial charge in [-0.1, -0.05) is 12.1 Å². The highest BCUT2D eigenvalue weighted by molar-refractivity contribution is 5.80. The van der Waals surface area contributed by atoms with E-state index in [-0.39, 0.29) is 12.0 Å². The summed E-state index contributed by atoms with van der Waals surface area (Å²) in [6, 6.07) is 9.56. The van der Waals surface area contributed by atoms with Gasteiger partial charge in [-0.2, -0.15) is 0 Å². The van der Waals surface area contributed by atoms with Crippen LogP contribution in [0.4, 0.5) is 0 Å². The van der Waals surface area contributed by atoms with Crippen molar-refractivity contribution in [2.45, 2.75) is 25.5 Å². The normalized spacial score (nSPS) is 17.6. The number of likely N-dealkylation sites (tertiary alicyclic amines) is 1. The summed E-state index contributed by atoms with van der Waals surface area (Å²) in [6.45, 7) is 1.63. The molecule has 3 aromatic rings. The lowest BCUT2D eigenvalue weighted by Gasteiger charge is -2.32. The summed E-state index contributed by atoms with van der Waals surface area (Å²) in [5, 5.41) is 0. The molecule has 7 nitrogen and oxygen atoms in total. The molecule has 7 heteroatoms. The number of nitrogens with zero attached hydrogens (tertiary/aromatic N) is 5. The molecule has 1 atom stereocenters. The molecule has 0 bridgehead atoms. The van der Waals surface area contributed by atoms with Crippen LogP contribution in [0.3, 0.4) is 0 Å². The monoisotopic (exact) mass is 337 g/mol. The number of rotatable bonds is 4. The predicted molar refractivity (Wildman–Crippen MR) is 92.0 cm³/mol. The number of imidazole rings is 1. The van der Waals surface area contributed by atoms with E-state index < -0.39 is 0 Å². The Morgan fingerprint density at radius 1 is 1.24 bits per heavy atom. The first-order valence-electron chi connectivity index (χ1n) is 8.40. The molecule has 128 valence electrons. The minimum Gasteiger partial charge on any atom is -0.472 e. The van der Waals surface area contributed by atoms with E-state index in [9.17, 15) is 4.79 Å². The molecule has 0 radical (unpaired) electrons. The van der Waals surface area contributed by atoms with Crippen molar-refractivity contribution in [3.8, 4) is 5.88 Å². The van der Waals surface area contributed by atoms with Crippen molar-refractivity contribution in [2.75, 3.05) is 13.1 Å². The highest BCUT2D eigenvalue weighted by Gasteiger charge is 2.25. The number of aromatic nitrogens is 4. The molecule has 0 spiro atoms. The molecule has 0 saturated carbocycles. The van der Waals surface area contributed by atoms with Crippen molar-refractivity contribution >= 4 is 16.9 Å². The Hall–Kier alpha value is -2.96. The molecule has 1 aliphatic heterocycles. The highest BCUT2D eigenvalue weighted by Crippen LogP contribution is 2.17. The summed E-state index contributed by atoms with van der Waals surface area (Å²) < 4.78 is 7.77. The van der Waals surface area contributed by atoms with Gasteiger partial charge in [0.25, 0.3) is 0 Å². The topological polar surface area (TPSA) is 73.1 Å². The number of fused-ring (bicyclic) bond motifs is 1. The second-order valence-corrected chi connectivity index (χ2v) is 6.13. The average molecular weight is 337 g/mol. The Balaban J connectivity index is 1.41. The number of ether oxygens (including phenoxy) is 1. The van der Waals surface area contributed by atoms with Gasteiger partial charge in [0.15, 0.2) is 0 Å². The van der Waals surface area contributed by atoms with Crippen molar-refractivity contribution in [3.63, 3.8) is 0 Å². The maximum Gasteiger partial charge on any atom is 0.242 e. The van der Waals surface area contributed by atoms with Gasteiger partial charge in [-0.3, -0.25) is 4.79 Å². The van der Waals surface area contributed by atoms with Crippen LogP contribution in [0.2, 0.25) is 0 Å². The third-order valence-corrected chi connectivity index (χ3v) is 4.41. The van der Waals surface area contributed by atoms with Crippen LogP contribution < -0.4 is 4.74 Å². The lowest BCUT2D eigenvalue weighted by Crippen LogP contribution is -2.45. The Labute approximate surface area is 145 Å². The van der Waals surface area contributed by atoms with E-state index in [0.29, 0.717) is 19.0 Å². The van der Waals surface area contributed by atoms with Crippen molar-refractivity contribution in [1.82, 2.24) is 24.4 Å². The summed E-state index contributed by atoms with van der Waals surface area (Å²) in [4.78, 5) is 26.9. The lowest BCUT2D eigenvalue weighted by molar-refractivity contribution is -0.134. The quantitative estimate of drug-likeness (QED) is 0.727. The molecule has 3 heterocycles. The molecule has 4 rings (SSSR count). The Morgan fingerprint density at radius 3 is 3.04 bits per heavy atom. The number of benzene rings is 1. The van der Waals surface area contributed by atoms with E-state index in [2.05, 4.69) is 15.0 Å². The van der Waals surface area contributed by atoms with Crippen LogP contribution >= 0.6 is 0 Å². The van der Waals surface area contributed by atoms with Crippen molar-refractivity contribution in [2.24, 2.45) is 0 Å². The summed E-state index contributed by atoms with van der Waals surface area (Å²) in [6.07, 6.45) is 6.64. The van der Waals surface area contributed by atoms with E-state index in [1.54, 1.807) is 18.6 Å². The maximum atomic E-state index is 12.7. The second-order valence-electron chi connectivity index (χ2n) is 6.13. The standard InChI is InChI=1S/C18H19N5O2/c24-18(11-23-13-21-15-5-1-2-6-16(15)23)22-9-3-4-14(10-22)25-17-7-8-19-12-20-17/h1-2,5-8,12-14H,3-4,9-11H2/t14-/m0/s1. The fourth-order valence-electron chi connectivity index (χ4n) is 3.16. The van der Waals surface area contributed by atoms with Crippen LogP contribution in [0.5, 0.6) is 5.88 Å². The van der Waals surface area contributed by atoms with Crippen LogP contribution in [0.25, 0.3) is 11.0 Å². The van der Waals surface area contributed by atoms with E-state index >= 15 is 0 Å². The number of piperidine rings is 1. The molecule has 1 amide bonds. The molecule has 1 aliphatic rings. The van der Waals surface area contributed by atoms with E-state index in [1.807, 2.05) is 33.7 Å². The molecular formula is C18H19N5O2. The number of hydrogen-bond donors (Lipinski definition) is 0.